The summed E-state index contributed by atoms with van der Waals surface area (Å²) in [4.78, 5) is 26.2. The summed E-state index contributed by atoms with van der Waals surface area (Å²) >= 11 is 0. The maximum atomic E-state index is 12.7. The van der Waals surface area contributed by atoms with E-state index in [1.165, 1.54) is 4.90 Å². The molecule has 0 radical (unpaired) electrons. The van der Waals surface area contributed by atoms with Crippen molar-refractivity contribution in [2.24, 2.45) is 5.41 Å². The number of hydrogen-bond donors (Lipinski definition) is 1. The summed E-state index contributed by atoms with van der Waals surface area (Å²) in [6.45, 7) is 0.0728. The Morgan fingerprint density at radius 2 is 1.76 bits per heavy atom. The van der Waals surface area contributed by atoms with Crippen LogP contribution in [0.5, 0.6) is 0 Å². The molecule has 1 N–H and O–H groups in total. The van der Waals surface area contributed by atoms with Gasteiger partial charge >= 0.3 is 0 Å². The first kappa shape index (κ1) is 14.3. The van der Waals surface area contributed by atoms with Crippen LogP contribution in [0.4, 0.5) is 0 Å². The van der Waals surface area contributed by atoms with Crippen molar-refractivity contribution >= 4 is 11.8 Å². The van der Waals surface area contributed by atoms with Gasteiger partial charge in [0.15, 0.2) is 0 Å². The third kappa shape index (κ3) is 2.60. The van der Waals surface area contributed by atoms with Crippen molar-refractivity contribution < 1.29 is 14.7 Å². The number of imide groups is 1. The van der Waals surface area contributed by atoms with Crippen molar-refractivity contribution in [1.82, 2.24) is 4.90 Å². The number of nitrogens with zero attached hydrogens (tertiary/aromatic N) is 1. The van der Waals surface area contributed by atoms with Crippen LogP contribution in [0.3, 0.4) is 0 Å². The van der Waals surface area contributed by atoms with Gasteiger partial charge in [0.1, 0.15) is 0 Å². The molecule has 2 amide bonds. The molecule has 1 saturated carbocycles. The van der Waals surface area contributed by atoms with Gasteiger partial charge in [-0.05, 0) is 18.4 Å². The molecule has 1 unspecified atom stereocenters. The summed E-state index contributed by atoms with van der Waals surface area (Å²) in [5.41, 5.74) is 0.272. The lowest BCUT2D eigenvalue weighted by Crippen LogP contribution is -2.39. The third-order valence-electron chi connectivity index (χ3n) is 4.84. The van der Waals surface area contributed by atoms with Crippen molar-refractivity contribution in [3.63, 3.8) is 0 Å². The van der Waals surface area contributed by atoms with Crippen LogP contribution >= 0.6 is 0 Å². The molecule has 1 atom stereocenters. The molecule has 112 valence electrons. The maximum Gasteiger partial charge on any atom is 0.236 e. The van der Waals surface area contributed by atoms with E-state index in [2.05, 4.69) is 0 Å². The van der Waals surface area contributed by atoms with Crippen LogP contribution in [0.15, 0.2) is 30.3 Å². The molecule has 3 rings (SSSR count). The predicted molar refractivity (Wildman–Crippen MR) is 78.3 cm³/mol. The maximum absolute atomic E-state index is 12.7. The lowest BCUT2D eigenvalue weighted by Gasteiger charge is -2.30. The third-order valence-corrected chi connectivity index (χ3v) is 4.84. The molecule has 2 aliphatic rings. The molecule has 0 bridgehead atoms. The molecule has 21 heavy (non-hydrogen) atoms. The zero-order valence-corrected chi connectivity index (χ0v) is 12.1. The number of carbonyl (C=O) groups is 2. The van der Waals surface area contributed by atoms with Crippen molar-refractivity contribution in [3.8, 4) is 0 Å². The number of likely N-dealkylation sites (tertiary alicyclic amines) is 1. The number of aliphatic hydroxyl groups excluding tert-OH is 1. The van der Waals surface area contributed by atoms with Gasteiger partial charge in [0, 0.05) is 6.42 Å². The summed E-state index contributed by atoms with van der Waals surface area (Å²) in [7, 11) is 0. The Morgan fingerprint density at radius 3 is 2.43 bits per heavy atom. The van der Waals surface area contributed by atoms with Crippen molar-refractivity contribution in [3.05, 3.63) is 35.9 Å². The lowest BCUT2D eigenvalue weighted by molar-refractivity contribution is -0.143. The fourth-order valence-corrected chi connectivity index (χ4v) is 3.62. The molecule has 1 saturated heterocycles. The van der Waals surface area contributed by atoms with E-state index in [9.17, 15) is 14.7 Å². The van der Waals surface area contributed by atoms with E-state index in [0.29, 0.717) is 6.42 Å². The minimum absolute atomic E-state index is 0.0674. The van der Waals surface area contributed by atoms with Crippen LogP contribution in [0, 0.1) is 5.41 Å². The number of β-amino-alcohol motifs (C(OH)–C–C–N with tert-alkyl or cyclic N) is 1. The first-order valence-electron chi connectivity index (χ1n) is 7.70. The summed E-state index contributed by atoms with van der Waals surface area (Å²) in [6.07, 6.45) is 4.34. The van der Waals surface area contributed by atoms with Gasteiger partial charge in [-0.2, -0.15) is 0 Å². The van der Waals surface area contributed by atoms with Gasteiger partial charge in [0.25, 0.3) is 0 Å². The van der Waals surface area contributed by atoms with E-state index in [1.807, 2.05) is 30.3 Å². The Bertz CT molecular complexity index is 534. The molecule has 1 aromatic rings. The average Bonchev–Trinajstić information content (AvgIpc) is 2.73. The van der Waals surface area contributed by atoms with Crippen molar-refractivity contribution in [2.75, 3.05) is 6.54 Å². The van der Waals surface area contributed by atoms with Crippen LogP contribution in [-0.4, -0.2) is 28.4 Å². The second kappa shape index (κ2) is 5.60. The molecule has 1 spiro atoms. The monoisotopic (exact) mass is 287 g/mol. The predicted octanol–water partition coefficient (Wildman–Crippen LogP) is 2.43. The minimum atomic E-state index is -0.808. The first-order valence-corrected chi connectivity index (χ1v) is 7.70. The van der Waals surface area contributed by atoms with Crippen LogP contribution in [0.2, 0.25) is 0 Å². The number of amides is 2. The van der Waals surface area contributed by atoms with Crippen molar-refractivity contribution in [2.45, 2.75) is 44.6 Å². The Morgan fingerprint density at radius 1 is 1.10 bits per heavy atom. The van der Waals surface area contributed by atoms with Gasteiger partial charge in [-0.3, -0.25) is 14.5 Å². The molecule has 1 heterocycles. The minimum Gasteiger partial charge on any atom is -0.387 e. The average molecular weight is 287 g/mol. The highest BCUT2D eigenvalue weighted by molar-refractivity contribution is 6.06. The standard InChI is InChI=1S/C17H21NO3/c19-14(13-7-3-1-4-8-13)12-18-15(20)11-17(16(18)21)9-5-2-6-10-17/h1,3-4,7-8,14,19H,2,5-6,9-12H2. The second-order valence-electron chi connectivity index (χ2n) is 6.25. The molecular formula is C17H21NO3. The number of hydrogen-bond acceptors (Lipinski definition) is 3. The zero-order valence-electron chi connectivity index (χ0n) is 12.1. The molecule has 1 aromatic carbocycles. The van der Waals surface area contributed by atoms with E-state index < -0.39 is 11.5 Å². The number of benzene rings is 1. The Labute approximate surface area is 124 Å². The van der Waals surface area contributed by atoms with E-state index in [0.717, 1.165) is 37.7 Å². The number of carbonyl (C=O) groups excluding carboxylic acids is 2. The van der Waals surface area contributed by atoms with Gasteiger partial charge in [-0.15, -0.1) is 0 Å². The van der Waals surface area contributed by atoms with Gasteiger partial charge in [0.05, 0.1) is 18.1 Å². The summed E-state index contributed by atoms with van der Waals surface area (Å²) in [5.74, 6) is -0.195. The fourth-order valence-electron chi connectivity index (χ4n) is 3.62. The molecule has 1 aliphatic heterocycles. The smallest absolute Gasteiger partial charge is 0.236 e. The van der Waals surface area contributed by atoms with E-state index in [-0.39, 0.29) is 18.4 Å². The number of aliphatic hydroxyl groups is 1. The highest BCUT2D eigenvalue weighted by atomic mass is 16.3. The van der Waals surface area contributed by atoms with E-state index >= 15 is 0 Å². The van der Waals surface area contributed by atoms with Crippen LogP contribution < -0.4 is 0 Å². The van der Waals surface area contributed by atoms with Crippen LogP contribution in [0.25, 0.3) is 0 Å². The largest absolute Gasteiger partial charge is 0.387 e. The Kier molecular flexibility index (Phi) is 3.81. The molecule has 4 nitrogen and oxygen atoms in total. The fraction of sp³-hybridized carbons (Fsp3) is 0.529. The highest BCUT2D eigenvalue weighted by Crippen LogP contribution is 2.45. The van der Waals surface area contributed by atoms with Crippen LogP contribution in [-0.2, 0) is 9.59 Å². The Balaban J connectivity index is 1.74. The second-order valence-corrected chi connectivity index (χ2v) is 6.25. The molecular weight excluding hydrogens is 266 g/mol. The molecule has 2 fully saturated rings. The first-order chi connectivity index (χ1) is 10.1. The Hall–Kier alpha value is -1.68. The van der Waals surface area contributed by atoms with Gasteiger partial charge in [0.2, 0.25) is 11.8 Å². The quantitative estimate of drug-likeness (QED) is 0.869. The molecule has 0 aromatic heterocycles. The summed E-state index contributed by atoms with van der Waals surface area (Å²) in [6, 6.07) is 9.18. The van der Waals surface area contributed by atoms with Crippen molar-refractivity contribution in [1.29, 1.82) is 0 Å². The van der Waals surface area contributed by atoms with Gasteiger partial charge < -0.3 is 5.11 Å². The van der Waals surface area contributed by atoms with Crippen LogP contribution in [0.1, 0.15) is 50.2 Å². The van der Waals surface area contributed by atoms with Gasteiger partial charge in [-0.1, -0.05) is 49.6 Å². The topological polar surface area (TPSA) is 57.6 Å². The lowest BCUT2D eigenvalue weighted by atomic mass is 9.73. The zero-order chi connectivity index (χ0) is 14.9. The molecule has 4 heteroatoms. The number of rotatable bonds is 3. The normalized spacial score (nSPS) is 22.8. The van der Waals surface area contributed by atoms with Gasteiger partial charge in [-0.25, -0.2) is 0 Å². The highest BCUT2D eigenvalue weighted by Gasteiger charge is 2.51. The summed E-state index contributed by atoms with van der Waals surface area (Å²) in [5, 5.41) is 10.3. The van der Waals surface area contributed by atoms with E-state index in [1.54, 1.807) is 0 Å². The van der Waals surface area contributed by atoms with E-state index in [4.69, 9.17) is 0 Å². The SMILES string of the molecule is O=C1CC2(CCCCC2)C(=O)N1CC(O)c1ccccc1. The summed E-state index contributed by atoms with van der Waals surface area (Å²) < 4.78 is 0. The molecule has 1 aliphatic carbocycles.